The molecule has 1 aliphatic heterocycles. The van der Waals surface area contributed by atoms with Gasteiger partial charge in [-0.15, -0.1) is 0 Å². The van der Waals surface area contributed by atoms with Crippen molar-refractivity contribution >= 4 is 11.8 Å². The van der Waals surface area contributed by atoms with Crippen LogP contribution in [0.25, 0.3) is 0 Å². The predicted octanol–water partition coefficient (Wildman–Crippen LogP) is 4.43. The summed E-state index contributed by atoms with van der Waals surface area (Å²) in [6.07, 6.45) is 9.12. The molecule has 4 heteroatoms. The molecule has 4 rings (SSSR count). The summed E-state index contributed by atoms with van der Waals surface area (Å²) in [4.78, 5) is 24.8. The SMILES string of the molecule is CCCCC[C@@]1(O)C[C@@H]2[C@H](CC[C@]3(C)C(=O)CC[C@@H]23)[C@@]2(C)CCC(=O)O[C@@H]12. The number of carbonyl (C=O) groups excluding carboxylic acids is 2. The molecule has 0 unspecified atom stereocenters. The molecule has 0 amide bonds. The van der Waals surface area contributed by atoms with Gasteiger partial charge >= 0.3 is 5.97 Å². The van der Waals surface area contributed by atoms with Gasteiger partial charge in [-0.25, -0.2) is 0 Å². The Morgan fingerprint density at radius 1 is 1.07 bits per heavy atom. The molecule has 1 N–H and O–H groups in total. The van der Waals surface area contributed by atoms with Crippen molar-refractivity contribution in [1.29, 1.82) is 0 Å². The van der Waals surface area contributed by atoms with Gasteiger partial charge in [0.05, 0.1) is 0 Å². The van der Waals surface area contributed by atoms with E-state index in [0.717, 1.165) is 44.9 Å². The summed E-state index contributed by atoms with van der Waals surface area (Å²) in [5.41, 5.74) is -1.30. The van der Waals surface area contributed by atoms with E-state index >= 15 is 0 Å². The van der Waals surface area contributed by atoms with E-state index in [0.29, 0.717) is 49.2 Å². The maximum absolute atomic E-state index is 12.7. The number of hydrogen-bond acceptors (Lipinski definition) is 4. The van der Waals surface area contributed by atoms with Crippen LogP contribution in [0, 0.1) is 28.6 Å². The van der Waals surface area contributed by atoms with Gasteiger partial charge in [0, 0.05) is 23.7 Å². The number of ketones is 1. The lowest BCUT2D eigenvalue weighted by Crippen LogP contribution is -2.66. The van der Waals surface area contributed by atoms with Crippen LogP contribution in [0.4, 0.5) is 0 Å². The van der Waals surface area contributed by atoms with Gasteiger partial charge in [0.15, 0.2) is 0 Å². The van der Waals surface area contributed by atoms with E-state index < -0.39 is 5.60 Å². The lowest BCUT2D eigenvalue weighted by atomic mass is 9.45. The molecule has 4 aliphatic rings. The number of esters is 1. The van der Waals surface area contributed by atoms with Gasteiger partial charge in [-0.2, -0.15) is 0 Å². The second-order valence-electron chi connectivity index (χ2n) is 10.4. The number of hydrogen-bond donors (Lipinski definition) is 1. The van der Waals surface area contributed by atoms with Crippen molar-refractivity contribution in [2.45, 2.75) is 103 Å². The Kier molecular flexibility index (Phi) is 4.73. The first-order valence-corrected chi connectivity index (χ1v) is 11.2. The summed E-state index contributed by atoms with van der Waals surface area (Å²) in [5, 5.41) is 11.8. The quantitative estimate of drug-likeness (QED) is 0.582. The third kappa shape index (κ3) is 2.81. The van der Waals surface area contributed by atoms with Crippen LogP contribution >= 0.6 is 0 Å². The van der Waals surface area contributed by atoms with Crippen molar-refractivity contribution in [1.82, 2.24) is 0 Å². The highest BCUT2D eigenvalue weighted by atomic mass is 16.6. The van der Waals surface area contributed by atoms with Crippen LogP contribution in [0.2, 0.25) is 0 Å². The number of fused-ring (bicyclic) bond motifs is 5. The topological polar surface area (TPSA) is 63.6 Å². The fraction of sp³-hybridized carbons (Fsp3) is 0.913. The van der Waals surface area contributed by atoms with Gasteiger partial charge in [0.2, 0.25) is 0 Å². The molecular weight excluding hydrogens is 340 g/mol. The zero-order valence-electron chi connectivity index (χ0n) is 17.3. The van der Waals surface area contributed by atoms with Gasteiger partial charge in [-0.05, 0) is 56.3 Å². The summed E-state index contributed by atoms with van der Waals surface area (Å²) >= 11 is 0. The molecule has 0 spiro atoms. The summed E-state index contributed by atoms with van der Waals surface area (Å²) in [6.45, 7) is 6.60. The Morgan fingerprint density at radius 2 is 1.85 bits per heavy atom. The van der Waals surface area contributed by atoms with E-state index in [2.05, 4.69) is 20.8 Å². The first-order valence-electron chi connectivity index (χ1n) is 11.2. The maximum atomic E-state index is 12.7. The average molecular weight is 377 g/mol. The second kappa shape index (κ2) is 6.57. The highest BCUT2D eigenvalue weighted by molar-refractivity contribution is 5.87. The lowest BCUT2D eigenvalue weighted by Gasteiger charge is -2.63. The molecule has 3 saturated carbocycles. The van der Waals surface area contributed by atoms with Gasteiger partial charge in [-0.1, -0.05) is 40.0 Å². The molecule has 27 heavy (non-hydrogen) atoms. The third-order valence-electron chi connectivity index (χ3n) is 9.00. The van der Waals surface area contributed by atoms with Crippen LogP contribution in [-0.4, -0.2) is 28.6 Å². The summed E-state index contributed by atoms with van der Waals surface area (Å²) in [6, 6.07) is 0. The molecular formula is C23H36O4. The summed E-state index contributed by atoms with van der Waals surface area (Å²) in [7, 11) is 0. The molecule has 1 heterocycles. The molecule has 7 atom stereocenters. The number of aliphatic hydroxyl groups is 1. The van der Waals surface area contributed by atoms with Crippen molar-refractivity contribution in [2.24, 2.45) is 28.6 Å². The normalized spacial score (nSPS) is 49.2. The standard InChI is InChI=1S/C23H36O4/c1-4-5-6-11-23(26)14-15-16-7-8-18(24)21(16,2)12-9-17(15)22(3)13-10-19(25)27-20(22)23/h15-17,20,26H,4-14H2,1-3H3/t15-,16-,17-,20+,21-,22+,23+/m0/s1. The molecule has 0 radical (unpaired) electrons. The molecule has 3 aliphatic carbocycles. The first-order chi connectivity index (χ1) is 12.7. The number of carbonyl (C=O) groups is 2. The van der Waals surface area contributed by atoms with E-state index in [1.807, 2.05) is 0 Å². The van der Waals surface area contributed by atoms with Gasteiger partial charge < -0.3 is 9.84 Å². The molecule has 1 saturated heterocycles. The monoisotopic (exact) mass is 376 g/mol. The lowest BCUT2D eigenvalue weighted by molar-refractivity contribution is -0.251. The maximum Gasteiger partial charge on any atom is 0.306 e. The van der Waals surface area contributed by atoms with E-state index in [1.54, 1.807) is 0 Å². The zero-order valence-corrected chi connectivity index (χ0v) is 17.3. The number of ether oxygens (including phenoxy) is 1. The second-order valence-corrected chi connectivity index (χ2v) is 10.4. The molecule has 0 aromatic heterocycles. The highest BCUT2D eigenvalue weighted by Gasteiger charge is 2.66. The molecule has 4 nitrogen and oxygen atoms in total. The minimum absolute atomic E-state index is 0.151. The third-order valence-corrected chi connectivity index (χ3v) is 9.00. The summed E-state index contributed by atoms with van der Waals surface area (Å²) in [5.74, 6) is 1.49. The molecule has 0 bridgehead atoms. The average Bonchev–Trinajstić information content (AvgIpc) is 2.92. The van der Waals surface area contributed by atoms with Crippen molar-refractivity contribution < 1.29 is 19.4 Å². The van der Waals surface area contributed by atoms with E-state index in [1.165, 1.54) is 0 Å². The van der Waals surface area contributed by atoms with Gasteiger partial charge in [0.1, 0.15) is 17.5 Å². The predicted molar refractivity (Wildman–Crippen MR) is 103 cm³/mol. The first kappa shape index (κ1) is 19.4. The smallest absolute Gasteiger partial charge is 0.306 e. The Labute approximate surface area is 163 Å². The van der Waals surface area contributed by atoms with Crippen LogP contribution < -0.4 is 0 Å². The zero-order chi connectivity index (χ0) is 19.4. The Balaban J connectivity index is 1.69. The van der Waals surface area contributed by atoms with E-state index in [9.17, 15) is 14.7 Å². The largest absolute Gasteiger partial charge is 0.459 e. The summed E-state index contributed by atoms with van der Waals surface area (Å²) < 4.78 is 5.89. The highest BCUT2D eigenvalue weighted by Crippen LogP contribution is 2.65. The van der Waals surface area contributed by atoms with Crippen LogP contribution in [0.1, 0.15) is 91.4 Å². The molecule has 0 aromatic rings. The molecule has 152 valence electrons. The fourth-order valence-electron chi connectivity index (χ4n) is 7.52. The molecule has 0 aromatic carbocycles. The van der Waals surface area contributed by atoms with Crippen molar-refractivity contribution in [2.75, 3.05) is 0 Å². The minimum Gasteiger partial charge on any atom is -0.459 e. The number of unbranched alkanes of at least 4 members (excludes halogenated alkanes) is 2. The Bertz CT molecular complexity index is 630. The molecule has 4 fully saturated rings. The van der Waals surface area contributed by atoms with E-state index in [-0.39, 0.29) is 22.9 Å². The van der Waals surface area contributed by atoms with Crippen molar-refractivity contribution in [3.05, 3.63) is 0 Å². The Morgan fingerprint density at radius 3 is 2.59 bits per heavy atom. The van der Waals surface area contributed by atoms with Gasteiger partial charge in [-0.3, -0.25) is 9.59 Å². The van der Waals surface area contributed by atoms with Crippen LogP contribution in [0.15, 0.2) is 0 Å². The fourth-order valence-corrected chi connectivity index (χ4v) is 7.52. The van der Waals surface area contributed by atoms with Gasteiger partial charge in [0.25, 0.3) is 0 Å². The van der Waals surface area contributed by atoms with Crippen LogP contribution in [0.3, 0.4) is 0 Å². The Hall–Kier alpha value is -0.900. The van der Waals surface area contributed by atoms with Crippen molar-refractivity contribution in [3.8, 4) is 0 Å². The van der Waals surface area contributed by atoms with Crippen LogP contribution in [0.5, 0.6) is 0 Å². The van der Waals surface area contributed by atoms with E-state index in [4.69, 9.17) is 4.74 Å². The van der Waals surface area contributed by atoms with Crippen LogP contribution in [-0.2, 0) is 14.3 Å². The number of Topliss-reactive ketones (excluding diaryl/α,β-unsaturated/α-hetero) is 1. The van der Waals surface area contributed by atoms with Crippen molar-refractivity contribution in [3.63, 3.8) is 0 Å². The minimum atomic E-state index is -0.939. The number of rotatable bonds is 4.